The number of piperidine rings is 1. The highest BCUT2D eigenvalue weighted by atomic mass is 32.1. The molecule has 282 valence electrons. The van der Waals surface area contributed by atoms with E-state index in [0.29, 0.717) is 54.4 Å². The molecule has 12 nitrogen and oxygen atoms in total. The summed E-state index contributed by atoms with van der Waals surface area (Å²) >= 11 is 1.52. The average molecular weight is 761 g/mol. The second-order valence-electron chi connectivity index (χ2n) is 14.9. The van der Waals surface area contributed by atoms with E-state index in [1.807, 2.05) is 54.6 Å². The van der Waals surface area contributed by atoms with Gasteiger partial charge in [-0.15, -0.1) is 11.3 Å². The van der Waals surface area contributed by atoms with Crippen LogP contribution < -0.4 is 19.5 Å². The third kappa shape index (κ3) is 6.95. The van der Waals surface area contributed by atoms with Gasteiger partial charge in [0, 0.05) is 72.3 Å². The SMILES string of the molecule is O=C1CCC(N2Cc3c(OCCN4CC5(CN(CCOc6ccc(Oc7c(-c8ccc(O)cc8)sc8cc(O)ccc78)cc6)C5)C4)cccc3C2=O)C(=O)N1. The first-order valence-corrected chi connectivity index (χ1v) is 19.3. The van der Waals surface area contributed by atoms with Crippen LogP contribution in [0.5, 0.6) is 34.5 Å². The van der Waals surface area contributed by atoms with Gasteiger partial charge in [-0.2, -0.15) is 0 Å². The number of benzene rings is 4. The van der Waals surface area contributed by atoms with E-state index in [2.05, 4.69) is 15.1 Å². The number of aromatic hydroxyl groups is 2. The van der Waals surface area contributed by atoms with Crippen LogP contribution in [0, 0.1) is 5.41 Å². The first kappa shape index (κ1) is 35.1. The predicted octanol–water partition coefficient (Wildman–Crippen LogP) is 5.61. The molecule has 3 N–H and O–H groups in total. The van der Waals surface area contributed by atoms with E-state index in [1.165, 1.54) is 11.3 Å². The second kappa shape index (κ2) is 14.2. The van der Waals surface area contributed by atoms with Crippen LogP contribution in [-0.2, 0) is 16.1 Å². The summed E-state index contributed by atoms with van der Waals surface area (Å²) in [5, 5.41) is 23.1. The zero-order valence-corrected chi connectivity index (χ0v) is 30.8. The van der Waals surface area contributed by atoms with Gasteiger partial charge in [0.25, 0.3) is 5.91 Å². The molecule has 3 amide bonds. The van der Waals surface area contributed by atoms with Crippen molar-refractivity contribution in [1.29, 1.82) is 0 Å². The molecule has 3 fully saturated rings. The molecule has 5 aromatic rings. The number of thiophene rings is 1. The highest BCUT2D eigenvalue weighted by molar-refractivity contribution is 7.22. The quantitative estimate of drug-likeness (QED) is 0.138. The summed E-state index contributed by atoms with van der Waals surface area (Å²) in [6.07, 6.45) is 0.560. The van der Waals surface area contributed by atoms with Gasteiger partial charge in [-0.05, 0) is 90.8 Å². The third-order valence-electron chi connectivity index (χ3n) is 10.9. The lowest BCUT2D eigenvalue weighted by molar-refractivity contribution is -0.136. The fourth-order valence-electron chi connectivity index (χ4n) is 8.28. The van der Waals surface area contributed by atoms with Crippen LogP contribution in [0.15, 0.2) is 84.9 Å². The maximum Gasteiger partial charge on any atom is 0.255 e. The molecule has 0 saturated carbocycles. The maximum absolute atomic E-state index is 13.1. The molecule has 0 bridgehead atoms. The smallest absolute Gasteiger partial charge is 0.255 e. The number of carbonyl (C=O) groups is 3. The molecule has 1 aromatic heterocycles. The van der Waals surface area contributed by atoms with E-state index in [4.69, 9.17) is 14.2 Å². The minimum Gasteiger partial charge on any atom is -0.508 e. The van der Waals surface area contributed by atoms with Gasteiger partial charge < -0.3 is 29.3 Å². The third-order valence-corrected chi connectivity index (χ3v) is 12.1. The second-order valence-corrected chi connectivity index (χ2v) is 15.9. The predicted molar refractivity (Wildman–Crippen MR) is 206 cm³/mol. The Bertz CT molecular complexity index is 2280. The minimum absolute atomic E-state index is 0.194. The molecule has 13 heteroatoms. The summed E-state index contributed by atoms with van der Waals surface area (Å²) in [4.78, 5) is 44.4. The molecule has 4 aliphatic heterocycles. The summed E-state index contributed by atoms with van der Waals surface area (Å²) in [7, 11) is 0. The van der Waals surface area contributed by atoms with E-state index in [9.17, 15) is 24.6 Å². The Morgan fingerprint density at radius 3 is 2.22 bits per heavy atom. The van der Waals surface area contributed by atoms with Crippen LogP contribution in [-0.4, -0.2) is 101 Å². The summed E-state index contributed by atoms with van der Waals surface area (Å²) < 4.78 is 19.6. The van der Waals surface area contributed by atoms with Gasteiger partial charge in [-0.1, -0.05) is 6.07 Å². The highest BCUT2D eigenvalue weighted by Crippen LogP contribution is 2.47. The number of phenols is 2. The van der Waals surface area contributed by atoms with Gasteiger partial charge in [0.15, 0.2) is 5.75 Å². The van der Waals surface area contributed by atoms with Crippen molar-refractivity contribution < 1.29 is 38.8 Å². The molecule has 1 unspecified atom stereocenters. The van der Waals surface area contributed by atoms with Crippen molar-refractivity contribution in [2.24, 2.45) is 5.41 Å². The first-order valence-electron chi connectivity index (χ1n) is 18.5. The van der Waals surface area contributed by atoms with Crippen LogP contribution >= 0.6 is 11.3 Å². The van der Waals surface area contributed by atoms with E-state index >= 15 is 0 Å². The molecule has 4 aromatic carbocycles. The lowest BCUT2D eigenvalue weighted by atomic mass is 9.73. The number of carbonyl (C=O) groups excluding carboxylic acids is 3. The Hall–Kier alpha value is -5.63. The van der Waals surface area contributed by atoms with Crippen LogP contribution in [0.2, 0.25) is 0 Å². The first-order chi connectivity index (χ1) is 26.7. The molecule has 5 heterocycles. The fourth-order valence-corrected chi connectivity index (χ4v) is 9.45. The lowest BCUT2D eigenvalue weighted by Gasteiger charge is -2.60. The zero-order valence-electron chi connectivity index (χ0n) is 30.0. The number of rotatable bonds is 12. The number of imide groups is 1. The maximum atomic E-state index is 13.1. The number of ether oxygens (including phenoxy) is 3. The topological polar surface area (TPSA) is 141 Å². The van der Waals surface area contributed by atoms with E-state index in [0.717, 1.165) is 71.1 Å². The Morgan fingerprint density at radius 1 is 0.800 bits per heavy atom. The van der Waals surface area contributed by atoms with Crippen molar-refractivity contribution >= 4 is 39.1 Å². The molecule has 9 rings (SSSR count). The van der Waals surface area contributed by atoms with Gasteiger partial charge >= 0.3 is 0 Å². The van der Waals surface area contributed by atoms with Crippen LogP contribution in [0.3, 0.4) is 0 Å². The number of nitrogens with one attached hydrogen (secondary N) is 1. The summed E-state index contributed by atoms with van der Waals surface area (Å²) in [6.45, 7) is 7.17. The Labute approximate surface area is 321 Å². The summed E-state index contributed by atoms with van der Waals surface area (Å²) in [6, 6.07) is 24.7. The number of phenolic OH excluding ortho intramolecular Hbond substituents is 2. The average Bonchev–Trinajstić information content (AvgIpc) is 3.67. The van der Waals surface area contributed by atoms with E-state index in [-0.39, 0.29) is 29.7 Å². The van der Waals surface area contributed by atoms with E-state index < -0.39 is 11.9 Å². The van der Waals surface area contributed by atoms with Crippen molar-refractivity contribution in [3.05, 3.63) is 96.1 Å². The van der Waals surface area contributed by atoms with Gasteiger partial charge in [0.05, 0.1) is 11.4 Å². The standard InChI is InChI=1S/C42H40N4O8S/c47-27-6-4-26(5-7-27)39-38(32-13-8-28(48)20-36(32)55-39)54-30-11-9-29(10-12-30)52-18-16-44-22-42(23-44)24-45(25-42)17-19-53-35-3-1-2-31-33(35)21-46(41(31)51)34-14-15-37(49)43-40(34)50/h1-13,20,34,47-48H,14-19,21-25H2,(H,43,49,50). The highest BCUT2D eigenvalue weighted by Gasteiger charge is 2.51. The summed E-state index contributed by atoms with van der Waals surface area (Å²) in [5.41, 5.74) is 2.60. The van der Waals surface area contributed by atoms with Crippen LogP contribution in [0.25, 0.3) is 20.5 Å². The number of hydrogen-bond donors (Lipinski definition) is 3. The van der Waals surface area contributed by atoms with Crippen molar-refractivity contribution in [2.75, 3.05) is 52.5 Å². The van der Waals surface area contributed by atoms with Crippen molar-refractivity contribution in [1.82, 2.24) is 20.0 Å². The minimum atomic E-state index is -0.645. The normalized spacial score (nSPS) is 19.2. The Morgan fingerprint density at radius 2 is 1.49 bits per heavy atom. The lowest BCUT2D eigenvalue weighted by Crippen LogP contribution is -2.72. The molecule has 4 aliphatic rings. The van der Waals surface area contributed by atoms with Crippen molar-refractivity contribution in [3.63, 3.8) is 0 Å². The number of likely N-dealkylation sites (tertiary alicyclic amines) is 2. The van der Waals surface area contributed by atoms with Crippen LogP contribution in [0.1, 0.15) is 28.8 Å². The monoisotopic (exact) mass is 760 g/mol. The number of amides is 3. The molecule has 3 saturated heterocycles. The molecule has 0 aliphatic carbocycles. The van der Waals surface area contributed by atoms with Gasteiger partial charge in [-0.3, -0.25) is 29.5 Å². The molecule has 1 spiro atoms. The van der Waals surface area contributed by atoms with Gasteiger partial charge in [0.1, 0.15) is 48.0 Å². The Balaban J connectivity index is 0.712. The molecule has 0 radical (unpaired) electrons. The molecular weight excluding hydrogens is 721 g/mol. The number of fused-ring (bicyclic) bond motifs is 2. The molecule has 1 atom stereocenters. The molecule has 55 heavy (non-hydrogen) atoms. The van der Waals surface area contributed by atoms with Crippen molar-refractivity contribution in [3.8, 4) is 44.9 Å². The Kier molecular flexibility index (Phi) is 9.07. The van der Waals surface area contributed by atoms with Crippen molar-refractivity contribution in [2.45, 2.75) is 25.4 Å². The van der Waals surface area contributed by atoms with Crippen LogP contribution in [0.4, 0.5) is 0 Å². The number of hydrogen-bond acceptors (Lipinski definition) is 11. The van der Waals surface area contributed by atoms with E-state index in [1.54, 1.807) is 35.2 Å². The summed E-state index contributed by atoms with van der Waals surface area (Å²) in [5.74, 6) is 2.29. The molecular formula is C42H40N4O8S. The van der Waals surface area contributed by atoms with Gasteiger partial charge in [0.2, 0.25) is 11.8 Å². The fraction of sp³-hybridized carbons (Fsp3) is 0.310. The number of nitrogens with zero attached hydrogens (tertiary/aromatic N) is 3. The zero-order chi connectivity index (χ0) is 37.7. The van der Waals surface area contributed by atoms with Gasteiger partial charge in [-0.25, -0.2) is 0 Å². The largest absolute Gasteiger partial charge is 0.508 e.